The summed E-state index contributed by atoms with van der Waals surface area (Å²) in [5.41, 5.74) is 2.50. The molecule has 0 amide bonds. The molecule has 2 N–H and O–H groups in total. The number of carbonyl (C=O) groups is 1. The minimum atomic E-state index is -0.687. The molecule has 1 fully saturated rings. The third-order valence-corrected chi connectivity index (χ3v) is 4.99. The average molecular weight is 249 g/mol. The summed E-state index contributed by atoms with van der Waals surface area (Å²) in [6.45, 7) is 0. The van der Waals surface area contributed by atoms with Crippen LogP contribution in [0.3, 0.4) is 0 Å². The summed E-state index contributed by atoms with van der Waals surface area (Å²) in [7, 11) is 0. The number of para-hydroxylation sites is 1. The van der Waals surface area contributed by atoms with Crippen molar-refractivity contribution in [2.24, 2.45) is 0 Å². The van der Waals surface area contributed by atoms with E-state index >= 15 is 0 Å². The van der Waals surface area contributed by atoms with Gasteiger partial charge in [0.15, 0.2) is 0 Å². The number of carboxylic acid groups (broad SMARTS) is 1. The third-order valence-electron chi connectivity index (χ3n) is 3.63. The first-order valence-electron chi connectivity index (χ1n) is 5.94. The van der Waals surface area contributed by atoms with Crippen molar-refractivity contribution in [1.82, 2.24) is 0 Å². The van der Waals surface area contributed by atoms with Crippen LogP contribution in [0, 0.1) is 0 Å². The molecule has 1 aromatic rings. The van der Waals surface area contributed by atoms with Crippen LogP contribution in [-0.4, -0.2) is 28.1 Å². The van der Waals surface area contributed by atoms with Gasteiger partial charge in [-0.1, -0.05) is 18.2 Å². The molecular weight excluding hydrogens is 234 g/mol. The summed E-state index contributed by atoms with van der Waals surface area (Å²) in [5.74, 6) is 0.730. The Morgan fingerprint density at radius 1 is 1.47 bits per heavy atom. The predicted octanol–water partition coefficient (Wildman–Crippen LogP) is 2.54. The molecule has 2 aliphatic heterocycles. The molecule has 0 aliphatic carbocycles. The molecule has 3 atom stereocenters. The molecule has 0 aromatic heterocycles. The highest BCUT2D eigenvalue weighted by molar-refractivity contribution is 8.00. The van der Waals surface area contributed by atoms with Crippen LogP contribution in [0.25, 0.3) is 0 Å². The highest BCUT2D eigenvalue weighted by Gasteiger charge is 2.41. The van der Waals surface area contributed by atoms with Crippen molar-refractivity contribution in [1.29, 1.82) is 0 Å². The molecule has 3 rings (SSSR count). The average Bonchev–Trinajstić information content (AvgIpc) is 2.67. The minimum Gasteiger partial charge on any atom is -0.481 e. The second-order valence-electron chi connectivity index (χ2n) is 4.66. The Morgan fingerprint density at radius 2 is 2.29 bits per heavy atom. The highest BCUT2D eigenvalue weighted by atomic mass is 32.2. The number of anilines is 1. The minimum absolute atomic E-state index is 0.211. The molecule has 90 valence electrons. The molecule has 2 heterocycles. The lowest BCUT2D eigenvalue weighted by atomic mass is 9.88. The molecule has 1 saturated heterocycles. The number of carboxylic acids is 1. The van der Waals surface area contributed by atoms with Crippen LogP contribution in [0.4, 0.5) is 5.69 Å². The maximum atomic E-state index is 10.9. The molecule has 0 radical (unpaired) electrons. The lowest BCUT2D eigenvalue weighted by Gasteiger charge is -2.32. The number of nitrogens with one attached hydrogen (secondary N) is 1. The predicted molar refractivity (Wildman–Crippen MR) is 69.7 cm³/mol. The van der Waals surface area contributed by atoms with E-state index in [4.69, 9.17) is 5.11 Å². The molecule has 3 unspecified atom stereocenters. The lowest BCUT2D eigenvalue weighted by molar-refractivity contribution is -0.137. The van der Waals surface area contributed by atoms with Crippen LogP contribution in [0.5, 0.6) is 0 Å². The van der Waals surface area contributed by atoms with E-state index in [0.29, 0.717) is 12.0 Å². The van der Waals surface area contributed by atoms with Gasteiger partial charge in [-0.05, 0) is 23.8 Å². The standard InChI is InChI=1S/C13H15NO2S/c15-12(16)7-11-13-8-3-1-2-4-9(8)14-10(13)5-6-17-11/h1-4,10-11,13-14H,5-7H2,(H,15,16). The Morgan fingerprint density at radius 3 is 3.12 bits per heavy atom. The van der Waals surface area contributed by atoms with Gasteiger partial charge in [0.2, 0.25) is 0 Å². The topological polar surface area (TPSA) is 49.3 Å². The van der Waals surface area contributed by atoms with E-state index in [1.807, 2.05) is 23.9 Å². The Labute approximate surface area is 105 Å². The van der Waals surface area contributed by atoms with E-state index < -0.39 is 5.97 Å². The summed E-state index contributed by atoms with van der Waals surface area (Å²) in [6.07, 6.45) is 1.39. The van der Waals surface area contributed by atoms with Gasteiger partial charge < -0.3 is 10.4 Å². The molecule has 0 saturated carbocycles. The first-order chi connectivity index (χ1) is 8.25. The summed E-state index contributed by atoms with van der Waals surface area (Å²) in [6, 6.07) is 8.73. The SMILES string of the molecule is O=C(O)CC1SCCC2Nc3ccccc3C21. The maximum Gasteiger partial charge on any atom is 0.304 e. The van der Waals surface area contributed by atoms with Crippen LogP contribution in [0.2, 0.25) is 0 Å². The number of fused-ring (bicyclic) bond motifs is 3. The van der Waals surface area contributed by atoms with Gasteiger partial charge in [0.1, 0.15) is 0 Å². The van der Waals surface area contributed by atoms with Gasteiger partial charge in [0.25, 0.3) is 0 Å². The van der Waals surface area contributed by atoms with Crippen LogP contribution < -0.4 is 5.32 Å². The Balaban J connectivity index is 1.92. The number of hydrogen-bond donors (Lipinski definition) is 2. The monoisotopic (exact) mass is 249 g/mol. The molecule has 1 aromatic carbocycles. The molecule has 17 heavy (non-hydrogen) atoms. The number of thioether (sulfide) groups is 1. The van der Waals surface area contributed by atoms with E-state index in [1.54, 1.807) is 0 Å². The van der Waals surface area contributed by atoms with Crippen molar-refractivity contribution in [2.45, 2.75) is 30.1 Å². The van der Waals surface area contributed by atoms with Gasteiger partial charge in [-0.2, -0.15) is 11.8 Å². The zero-order valence-corrected chi connectivity index (χ0v) is 10.2. The second-order valence-corrected chi connectivity index (χ2v) is 6.01. The van der Waals surface area contributed by atoms with E-state index in [-0.39, 0.29) is 11.7 Å². The normalized spacial score (nSPS) is 30.2. The Kier molecular flexibility index (Phi) is 2.74. The highest BCUT2D eigenvalue weighted by Crippen LogP contribution is 2.47. The van der Waals surface area contributed by atoms with E-state index in [0.717, 1.165) is 12.2 Å². The number of rotatable bonds is 2. The maximum absolute atomic E-state index is 10.9. The molecule has 0 bridgehead atoms. The molecular formula is C13H15NO2S. The molecule has 3 nitrogen and oxygen atoms in total. The van der Waals surface area contributed by atoms with Gasteiger partial charge in [-0.3, -0.25) is 4.79 Å². The summed E-state index contributed by atoms with van der Waals surface area (Å²) in [4.78, 5) is 10.9. The van der Waals surface area contributed by atoms with Crippen molar-refractivity contribution in [3.8, 4) is 0 Å². The fourth-order valence-electron chi connectivity index (χ4n) is 2.94. The smallest absolute Gasteiger partial charge is 0.304 e. The van der Waals surface area contributed by atoms with Crippen molar-refractivity contribution in [2.75, 3.05) is 11.1 Å². The first kappa shape index (κ1) is 11.0. The Bertz CT molecular complexity index is 449. The second kappa shape index (κ2) is 4.26. The van der Waals surface area contributed by atoms with Crippen molar-refractivity contribution in [3.63, 3.8) is 0 Å². The van der Waals surface area contributed by atoms with E-state index in [1.165, 1.54) is 11.3 Å². The summed E-state index contributed by atoms with van der Waals surface area (Å²) in [5, 5.41) is 12.7. The molecule has 4 heteroatoms. The van der Waals surface area contributed by atoms with Gasteiger partial charge in [0.05, 0.1) is 6.42 Å². The zero-order valence-electron chi connectivity index (χ0n) is 9.43. The van der Waals surface area contributed by atoms with Gasteiger partial charge in [-0.15, -0.1) is 0 Å². The van der Waals surface area contributed by atoms with Crippen molar-refractivity contribution < 1.29 is 9.90 Å². The van der Waals surface area contributed by atoms with Crippen LogP contribution in [0.15, 0.2) is 24.3 Å². The van der Waals surface area contributed by atoms with Gasteiger partial charge in [-0.25, -0.2) is 0 Å². The lowest BCUT2D eigenvalue weighted by Crippen LogP contribution is -2.34. The Hall–Kier alpha value is -1.16. The number of benzene rings is 1. The van der Waals surface area contributed by atoms with Crippen LogP contribution in [0.1, 0.15) is 24.3 Å². The van der Waals surface area contributed by atoms with Crippen LogP contribution in [-0.2, 0) is 4.79 Å². The quantitative estimate of drug-likeness (QED) is 0.845. The van der Waals surface area contributed by atoms with Gasteiger partial charge in [0, 0.05) is 22.9 Å². The summed E-state index contributed by atoms with van der Waals surface area (Å²) >= 11 is 1.81. The van der Waals surface area contributed by atoms with Crippen molar-refractivity contribution >= 4 is 23.4 Å². The number of aliphatic carboxylic acids is 1. The molecule has 2 aliphatic rings. The van der Waals surface area contributed by atoms with Crippen LogP contribution >= 0.6 is 11.8 Å². The summed E-state index contributed by atoms with van der Waals surface area (Å²) < 4.78 is 0. The number of hydrogen-bond acceptors (Lipinski definition) is 3. The largest absolute Gasteiger partial charge is 0.481 e. The van der Waals surface area contributed by atoms with E-state index in [2.05, 4.69) is 17.4 Å². The zero-order chi connectivity index (χ0) is 11.8. The fourth-order valence-corrected chi connectivity index (χ4v) is 4.44. The van der Waals surface area contributed by atoms with E-state index in [9.17, 15) is 4.79 Å². The van der Waals surface area contributed by atoms with Crippen molar-refractivity contribution in [3.05, 3.63) is 29.8 Å². The van der Waals surface area contributed by atoms with Gasteiger partial charge >= 0.3 is 5.97 Å². The first-order valence-corrected chi connectivity index (χ1v) is 6.99. The third kappa shape index (κ3) is 1.90. The fraction of sp³-hybridized carbons (Fsp3) is 0.462. The molecule has 0 spiro atoms.